The summed E-state index contributed by atoms with van der Waals surface area (Å²) in [6.45, 7) is 3.39. The number of hydrogen-bond acceptors (Lipinski definition) is 4. The van der Waals surface area contributed by atoms with Crippen LogP contribution in [0.2, 0.25) is 0 Å². The Labute approximate surface area is 166 Å². The van der Waals surface area contributed by atoms with Crippen molar-refractivity contribution in [2.75, 3.05) is 43.5 Å². The van der Waals surface area contributed by atoms with Crippen LogP contribution in [0.15, 0.2) is 48.5 Å². The van der Waals surface area contributed by atoms with Gasteiger partial charge in [-0.3, -0.25) is 4.79 Å². The van der Waals surface area contributed by atoms with Gasteiger partial charge in [0, 0.05) is 43.1 Å². The summed E-state index contributed by atoms with van der Waals surface area (Å²) < 4.78 is 5.59. The standard InChI is InChI=1S/C23H29N3O2/c24-20-9-4-10-21-19(20)8-5-13-26(21)16-22(27)25-17-23(11-14-28-15-12-23)18-6-2-1-3-7-18/h1-4,6-7,9-10H,5,8,11-17,24H2,(H,25,27). The van der Waals surface area contributed by atoms with Crippen LogP contribution < -0.4 is 16.0 Å². The Balaban J connectivity index is 1.44. The molecule has 2 heterocycles. The topological polar surface area (TPSA) is 67.6 Å². The Morgan fingerprint density at radius 1 is 1.11 bits per heavy atom. The molecule has 0 radical (unpaired) electrons. The van der Waals surface area contributed by atoms with Crippen LogP contribution in [0.4, 0.5) is 11.4 Å². The molecule has 0 unspecified atom stereocenters. The van der Waals surface area contributed by atoms with Crippen molar-refractivity contribution in [3.05, 3.63) is 59.7 Å². The van der Waals surface area contributed by atoms with Gasteiger partial charge in [0.2, 0.25) is 5.91 Å². The van der Waals surface area contributed by atoms with E-state index in [4.69, 9.17) is 10.5 Å². The van der Waals surface area contributed by atoms with E-state index in [0.29, 0.717) is 13.1 Å². The fourth-order valence-electron chi connectivity index (χ4n) is 4.51. The van der Waals surface area contributed by atoms with Crippen molar-refractivity contribution in [3.63, 3.8) is 0 Å². The van der Waals surface area contributed by atoms with Crippen molar-refractivity contribution in [2.24, 2.45) is 0 Å². The van der Waals surface area contributed by atoms with Gasteiger partial charge in [0.25, 0.3) is 0 Å². The number of benzene rings is 2. The first-order chi connectivity index (χ1) is 13.7. The van der Waals surface area contributed by atoms with Crippen molar-refractivity contribution in [1.82, 2.24) is 5.32 Å². The van der Waals surface area contributed by atoms with Gasteiger partial charge in [0.1, 0.15) is 0 Å². The first kappa shape index (κ1) is 18.8. The van der Waals surface area contributed by atoms with E-state index in [-0.39, 0.29) is 11.3 Å². The van der Waals surface area contributed by atoms with E-state index in [0.717, 1.165) is 56.8 Å². The summed E-state index contributed by atoms with van der Waals surface area (Å²) >= 11 is 0. The van der Waals surface area contributed by atoms with Crippen molar-refractivity contribution in [1.29, 1.82) is 0 Å². The highest BCUT2D eigenvalue weighted by Gasteiger charge is 2.35. The molecule has 148 valence electrons. The predicted octanol–water partition coefficient (Wildman–Crippen LogP) is 2.89. The fourth-order valence-corrected chi connectivity index (χ4v) is 4.51. The zero-order valence-corrected chi connectivity index (χ0v) is 16.3. The number of rotatable bonds is 5. The molecule has 0 spiro atoms. The Hall–Kier alpha value is -2.53. The van der Waals surface area contributed by atoms with Gasteiger partial charge in [-0.1, -0.05) is 36.4 Å². The molecule has 0 aromatic heterocycles. The van der Waals surface area contributed by atoms with Crippen LogP contribution in [0, 0.1) is 0 Å². The molecule has 1 saturated heterocycles. The SMILES string of the molecule is Nc1cccc2c1CCCN2CC(=O)NCC1(c2ccccc2)CCOCC1. The van der Waals surface area contributed by atoms with Crippen LogP contribution >= 0.6 is 0 Å². The molecule has 2 aromatic rings. The van der Waals surface area contributed by atoms with Crippen LogP contribution in [-0.4, -0.2) is 38.8 Å². The number of nitrogens with one attached hydrogen (secondary N) is 1. The summed E-state index contributed by atoms with van der Waals surface area (Å²) in [7, 11) is 0. The van der Waals surface area contributed by atoms with Gasteiger partial charge in [-0.15, -0.1) is 0 Å². The van der Waals surface area contributed by atoms with Crippen molar-refractivity contribution in [3.8, 4) is 0 Å². The molecule has 0 bridgehead atoms. The molecule has 5 nitrogen and oxygen atoms in total. The van der Waals surface area contributed by atoms with E-state index in [2.05, 4.69) is 40.5 Å². The lowest BCUT2D eigenvalue weighted by Gasteiger charge is -2.38. The lowest BCUT2D eigenvalue weighted by molar-refractivity contribution is -0.120. The number of nitrogen functional groups attached to an aromatic ring is 1. The third kappa shape index (κ3) is 3.85. The van der Waals surface area contributed by atoms with E-state index < -0.39 is 0 Å². The third-order valence-electron chi connectivity index (χ3n) is 6.18. The maximum Gasteiger partial charge on any atom is 0.239 e. The minimum Gasteiger partial charge on any atom is -0.398 e. The number of hydrogen-bond donors (Lipinski definition) is 2. The van der Waals surface area contributed by atoms with Crippen molar-refractivity contribution < 1.29 is 9.53 Å². The third-order valence-corrected chi connectivity index (χ3v) is 6.18. The van der Waals surface area contributed by atoms with E-state index in [1.165, 1.54) is 11.1 Å². The highest BCUT2D eigenvalue weighted by atomic mass is 16.5. The van der Waals surface area contributed by atoms with Gasteiger partial charge in [0.05, 0.1) is 6.54 Å². The molecule has 0 atom stereocenters. The van der Waals surface area contributed by atoms with Gasteiger partial charge >= 0.3 is 0 Å². The predicted molar refractivity (Wildman–Crippen MR) is 113 cm³/mol. The Bertz CT molecular complexity index is 816. The maximum absolute atomic E-state index is 12.8. The Morgan fingerprint density at radius 3 is 2.68 bits per heavy atom. The number of anilines is 2. The molecule has 5 heteroatoms. The van der Waals surface area contributed by atoms with Gasteiger partial charge in [-0.25, -0.2) is 0 Å². The van der Waals surface area contributed by atoms with Crippen molar-refractivity contribution >= 4 is 17.3 Å². The first-order valence-electron chi connectivity index (χ1n) is 10.2. The average molecular weight is 380 g/mol. The molecule has 2 aliphatic rings. The second-order valence-electron chi connectivity index (χ2n) is 7.91. The highest BCUT2D eigenvalue weighted by molar-refractivity contribution is 5.82. The lowest BCUT2D eigenvalue weighted by Crippen LogP contribution is -2.47. The van der Waals surface area contributed by atoms with Crippen LogP contribution in [0.1, 0.15) is 30.4 Å². The fraction of sp³-hybridized carbons (Fsp3) is 0.435. The van der Waals surface area contributed by atoms with E-state index in [1.54, 1.807) is 0 Å². The number of nitrogens with zero attached hydrogens (tertiary/aromatic N) is 1. The van der Waals surface area contributed by atoms with Crippen LogP contribution in [0.3, 0.4) is 0 Å². The smallest absolute Gasteiger partial charge is 0.239 e. The Morgan fingerprint density at radius 2 is 1.89 bits per heavy atom. The zero-order valence-electron chi connectivity index (χ0n) is 16.3. The highest BCUT2D eigenvalue weighted by Crippen LogP contribution is 2.34. The molecule has 3 N–H and O–H groups in total. The summed E-state index contributed by atoms with van der Waals surface area (Å²) in [5.74, 6) is 0.0667. The first-order valence-corrected chi connectivity index (χ1v) is 10.2. The van der Waals surface area contributed by atoms with E-state index >= 15 is 0 Å². The molecule has 2 aliphatic heterocycles. The summed E-state index contributed by atoms with van der Waals surface area (Å²) in [4.78, 5) is 15.0. The van der Waals surface area contributed by atoms with Crippen LogP contribution in [-0.2, 0) is 21.4 Å². The quantitative estimate of drug-likeness (QED) is 0.784. The molecule has 28 heavy (non-hydrogen) atoms. The zero-order chi connectivity index (χ0) is 19.4. The lowest BCUT2D eigenvalue weighted by atomic mass is 9.74. The van der Waals surface area contributed by atoms with Crippen LogP contribution in [0.5, 0.6) is 0 Å². The average Bonchev–Trinajstić information content (AvgIpc) is 2.74. The minimum atomic E-state index is -0.0423. The maximum atomic E-state index is 12.8. The number of ether oxygens (including phenoxy) is 1. The summed E-state index contributed by atoms with van der Waals surface area (Å²) in [6.07, 6.45) is 3.87. The molecule has 0 saturated carbocycles. The summed E-state index contributed by atoms with van der Waals surface area (Å²) in [5, 5.41) is 3.22. The number of carbonyl (C=O) groups is 1. The van der Waals surface area contributed by atoms with Gasteiger partial charge in [-0.05, 0) is 48.9 Å². The Kier molecular flexibility index (Phi) is 5.53. The molecule has 1 amide bonds. The molecular formula is C23H29N3O2. The molecule has 1 fully saturated rings. The number of nitrogens with two attached hydrogens (primary N) is 1. The monoisotopic (exact) mass is 379 g/mol. The normalized spacial score (nSPS) is 18.4. The number of fused-ring (bicyclic) bond motifs is 1. The summed E-state index contributed by atoms with van der Waals surface area (Å²) in [5.41, 5.74) is 10.5. The van der Waals surface area contributed by atoms with Gasteiger partial charge < -0.3 is 20.7 Å². The molecule has 0 aliphatic carbocycles. The molecule has 2 aromatic carbocycles. The number of amides is 1. The van der Waals surface area contributed by atoms with E-state index in [9.17, 15) is 4.79 Å². The molecule has 4 rings (SSSR count). The largest absolute Gasteiger partial charge is 0.398 e. The minimum absolute atomic E-state index is 0.0423. The van der Waals surface area contributed by atoms with Gasteiger partial charge in [-0.2, -0.15) is 0 Å². The number of carbonyl (C=O) groups excluding carboxylic acids is 1. The summed E-state index contributed by atoms with van der Waals surface area (Å²) in [6, 6.07) is 16.5. The van der Waals surface area contributed by atoms with Gasteiger partial charge in [0.15, 0.2) is 0 Å². The second kappa shape index (κ2) is 8.23. The second-order valence-corrected chi connectivity index (χ2v) is 7.91. The molecular weight excluding hydrogens is 350 g/mol. The van der Waals surface area contributed by atoms with E-state index in [1.807, 2.05) is 18.2 Å². The van der Waals surface area contributed by atoms with Crippen molar-refractivity contribution in [2.45, 2.75) is 31.1 Å². The van der Waals surface area contributed by atoms with Crippen LogP contribution in [0.25, 0.3) is 0 Å².